The molecule has 2 N–H and O–H groups in total. The summed E-state index contributed by atoms with van der Waals surface area (Å²) in [6.07, 6.45) is -0.892. The molecule has 1 amide bonds. The summed E-state index contributed by atoms with van der Waals surface area (Å²) < 4.78 is 15.8. The average Bonchev–Trinajstić information content (AvgIpc) is 2.92. The maximum Gasteiger partial charge on any atom is 0.268 e. The molecule has 3 rings (SSSR count). The molecule has 1 unspecified atom stereocenters. The second-order valence-corrected chi connectivity index (χ2v) is 5.80. The van der Waals surface area contributed by atoms with Gasteiger partial charge in [-0.15, -0.1) is 0 Å². The van der Waals surface area contributed by atoms with Crippen LogP contribution in [0.4, 0.5) is 4.39 Å². The fraction of sp³-hybridized carbons (Fsp3) is 0.211. The molecule has 3 aromatic rings. The summed E-state index contributed by atoms with van der Waals surface area (Å²) in [5.74, 6) is -0.238. The lowest BCUT2D eigenvalue weighted by Crippen LogP contribution is -2.32. The van der Waals surface area contributed by atoms with Crippen molar-refractivity contribution < 1.29 is 14.3 Å². The van der Waals surface area contributed by atoms with E-state index in [2.05, 4.69) is 5.32 Å². The zero-order chi connectivity index (χ0) is 17.1. The highest BCUT2D eigenvalue weighted by Crippen LogP contribution is 2.27. The first-order valence-electron chi connectivity index (χ1n) is 7.80. The lowest BCUT2D eigenvalue weighted by molar-refractivity contribution is 0.0934. The fourth-order valence-corrected chi connectivity index (χ4v) is 2.80. The first kappa shape index (κ1) is 16.1. The highest BCUT2D eigenvalue weighted by atomic mass is 19.1. The van der Waals surface area contributed by atoms with Gasteiger partial charge in [0.2, 0.25) is 0 Å². The van der Waals surface area contributed by atoms with Gasteiger partial charge in [-0.25, -0.2) is 4.39 Å². The van der Waals surface area contributed by atoms with Crippen molar-refractivity contribution in [3.8, 4) is 5.75 Å². The molecule has 0 radical (unpaired) electrons. The number of aromatic hydroxyl groups is 1. The Bertz CT molecular complexity index is 858. The van der Waals surface area contributed by atoms with E-state index in [9.17, 15) is 14.3 Å². The van der Waals surface area contributed by atoms with Crippen molar-refractivity contribution in [2.75, 3.05) is 6.54 Å². The number of hydrogen-bond acceptors (Lipinski definition) is 2. The third-order valence-electron chi connectivity index (χ3n) is 4.08. The van der Waals surface area contributed by atoms with E-state index in [0.29, 0.717) is 11.1 Å². The number of amides is 1. The van der Waals surface area contributed by atoms with Crippen molar-refractivity contribution >= 4 is 16.8 Å². The highest BCUT2D eigenvalue weighted by Gasteiger charge is 2.16. The monoisotopic (exact) mass is 326 g/mol. The number of halogens is 1. The van der Waals surface area contributed by atoms with Gasteiger partial charge in [0.25, 0.3) is 5.91 Å². The number of carbonyl (C=O) groups is 1. The van der Waals surface area contributed by atoms with E-state index in [1.165, 1.54) is 0 Å². The van der Waals surface area contributed by atoms with Crippen molar-refractivity contribution in [1.82, 2.24) is 9.88 Å². The van der Waals surface area contributed by atoms with Crippen LogP contribution in [0.3, 0.4) is 0 Å². The minimum atomic E-state index is -1.15. The van der Waals surface area contributed by atoms with Crippen LogP contribution in [0.15, 0.2) is 54.6 Å². The Morgan fingerprint density at radius 3 is 2.67 bits per heavy atom. The first-order chi connectivity index (χ1) is 11.6. The standard InChI is InChI=1S/C19H19FN2O2/c1-22-16-8-5-9-18(23)15(16)11-17(22)19(24)21-12-14(20)10-13-6-3-2-4-7-13/h2-9,11,14,23H,10,12H2,1H3,(H,21,24). The largest absolute Gasteiger partial charge is 0.507 e. The third kappa shape index (κ3) is 3.25. The lowest BCUT2D eigenvalue weighted by Gasteiger charge is -2.10. The van der Waals surface area contributed by atoms with E-state index in [1.54, 1.807) is 29.8 Å². The molecule has 0 aliphatic carbocycles. The number of alkyl halides is 1. The number of benzene rings is 2. The summed E-state index contributed by atoms with van der Waals surface area (Å²) in [6, 6.07) is 16.1. The Kier molecular flexibility index (Phi) is 4.51. The molecule has 0 aliphatic rings. The molecular weight excluding hydrogens is 307 g/mol. The van der Waals surface area contributed by atoms with Gasteiger partial charge in [-0.2, -0.15) is 0 Å². The maximum atomic E-state index is 14.1. The van der Waals surface area contributed by atoms with Crippen LogP contribution in [0.1, 0.15) is 16.1 Å². The molecule has 1 atom stereocenters. The minimum absolute atomic E-state index is 0.0543. The van der Waals surface area contributed by atoms with Crippen molar-refractivity contribution in [1.29, 1.82) is 0 Å². The molecule has 0 saturated carbocycles. The van der Waals surface area contributed by atoms with Crippen LogP contribution in [0.5, 0.6) is 5.75 Å². The summed E-state index contributed by atoms with van der Waals surface area (Å²) in [7, 11) is 1.74. The predicted molar refractivity (Wildman–Crippen MR) is 92.0 cm³/mol. The van der Waals surface area contributed by atoms with Gasteiger partial charge in [0.1, 0.15) is 17.6 Å². The summed E-state index contributed by atoms with van der Waals surface area (Å²) in [5, 5.41) is 13.1. The maximum absolute atomic E-state index is 14.1. The van der Waals surface area contributed by atoms with Gasteiger partial charge in [0.15, 0.2) is 0 Å². The number of phenols is 1. The number of rotatable bonds is 5. The third-order valence-corrected chi connectivity index (χ3v) is 4.08. The predicted octanol–water partition coefficient (Wildman–Crippen LogP) is 3.19. The quantitative estimate of drug-likeness (QED) is 0.756. The molecule has 1 aromatic heterocycles. The van der Waals surface area contributed by atoms with Gasteiger partial charge in [-0.1, -0.05) is 36.4 Å². The molecule has 0 fully saturated rings. The van der Waals surface area contributed by atoms with Crippen LogP contribution < -0.4 is 5.32 Å². The van der Waals surface area contributed by atoms with Crippen LogP contribution in [-0.4, -0.2) is 28.3 Å². The summed E-state index contributed by atoms with van der Waals surface area (Å²) in [4.78, 5) is 12.3. The molecule has 0 aliphatic heterocycles. The fourth-order valence-electron chi connectivity index (χ4n) is 2.80. The number of phenolic OH excluding ortho intramolecular Hbond substituents is 1. The molecule has 4 nitrogen and oxygen atoms in total. The topological polar surface area (TPSA) is 54.3 Å². The Balaban J connectivity index is 1.67. The van der Waals surface area contributed by atoms with Gasteiger partial charge < -0.3 is 15.0 Å². The highest BCUT2D eigenvalue weighted by molar-refractivity contribution is 6.00. The smallest absolute Gasteiger partial charge is 0.268 e. The molecule has 0 bridgehead atoms. The molecule has 0 spiro atoms. The van der Waals surface area contributed by atoms with E-state index >= 15 is 0 Å². The summed E-state index contributed by atoms with van der Waals surface area (Å²) in [5.41, 5.74) is 2.04. The van der Waals surface area contributed by atoms with Crippen LogP contribution >= 0.6 is 0 Å². The number of nitrogens with zero attached hydrogens (tertiary/aromatic N) is 1. The zero-order valence-corrected chi connectivity index (χ0v) is 13.4. The number of hydrogen-bond donors (Lipinski definition) is 2. The Morgan fingerprint density at radius 2 is 1.96 bits per heavy atom. The minimum Gasteiger partial charge on any atom is -0.507 e. The Labute approximate surface area is 139 Å². The van der Waals surface area contributed by atoms with E-state index < -0.39 is 6.17 Å². The van der Waals surface area contributed by atoms with Crippen LogP contribution in [-0.2, 0) is 13.5 Å². The van der Waals surface area contributed by atoms with E-state index in [4.69, 9.17) is 0 Å². The lowest BCUT2D eigenvalue weighted by atomic mass is 10.1. The Hall–Kier alpha value is -2.82. The SMILES string of the molecule is Cn1c(C(=O)NCC(F)Cc2ccccc2)cc2c(O)cccc21. The number of aromatic nitrogens is 1. The molecule has 2 aromatic carbocycles. The van der Waals surface area contributed by atoms with Crippen molar-refractivity contribution in [3.05, 3.63) is 65.9 Å². The number of nitrogens with one attached hydrogen (secondary N) is 1. The van der Waals surface area contributed by atoms with Crippen molar-refractivity contribution in [3.63, 3.8) is 0 Å². The Morgan fingerprint density at radius 1 is 1.21 bits per heavy atom. The van der Waals surface area contributed by atoms with Gasteiger partial charge in [-0.3, -0.25) is 4.79 Å². The number of aryl methyl sites for hydroxylation is 1. The molecule has 1 heterocycles. The van der Waals surface area contributed by atoms with Crippen LogP contribution in [0.25, 0.3) is 10.9 Å². The van der Waals surface area contributed by atoms with E-state index in [1.807, 2.05) is 36.4 Å². The second kappa shape index (κ2) is 6.74. The first-order valence-corrected chi connectivity index (χ1v) is 7.80. The number of carbonyl (C=O) groups excluding carboxylic acids is 1. The van der Waals surface area contributed by atoms with Gasteiger partial charge in [0.05, 0.1) is 5.52 Å². The van der Waals surface area contributed by atoms with Gasteiger partial charge in [0, 0.05) is 25.4 Å². The summed E-state index contributed by atoms with van der Waals surface area (Å²) >= 11 is 0. The van der Waals surface area contributed by atoms with Crippen molar-refractivity contribution in [2.24, 2.45) is 7.05 Å². The number of fused-ring (bicyclic) bond motifs is 1. The summed E-state index contributed by atoms with van der Waals surface area (Å²) in [6.45, 7) is -0.0543. The van der Waals surface area contributed by atoms with E-state index in [0.717, 1.165) is 11.1 Å². The van der Waals surface area contributed by atoms with Crippen LogP contribution in [0, 0.1) is 0 Å². The molecule has 24 heavy (non-hydrogen) atoms. The van der Waals surface area contributed by atoms with Gasteiger partial charge >= 0.3 is 0 Å². The van der Waals surface area contributed by atoms with Crippen molar-refractivity contribution in [2.45, 2.75) is 12.6 Å². The molecule has 5 heteroatoms. The average molecular weight is 326 g/mol. The van der Waals surface area contributed by atoms with Gasteiger partial charge in [-0.05, 0) is 23.8 Å². The van der Waals surface area contributed by atoms with Crippen LogP contribution in [0.2, 0.25) is 0 Å². The zero-order valence-electron chi connectivity index (χ0n) is 13.4. The molecule has 124 valence electrons. The van der Waals surface area contributed by atoms with E-state index in [-0.39, 0.29) is 24.6 Å². The normalized spacial score (nSPS) is 12.2. The molecular formula is C19H19FN2O2. The molecule has 0 saturated heterocycles. The second-order valence-electron chi connectivity index (χ2n) is 5.80.